The van der Waals surface area contributed by atoms with Gasteiger partial charge in [-0.25, -0.2) is 15.0 Å². The van der Waals surface area contributed by atoms with Crippen molar-refractivity contribution >= 4 is 52.0 Å². The van der Waals surface area contributed by atoms with E-state index in [1.54, 1.807) is 24.5 Å². The first-order valence-corrected chi connectivity index (χ1v) is 22.1. The van der Waals surface area contributed by atoms with Gasteiger partial charge in [0.05, 0.1) is 31.4 Å². The first-order chi connectivity index (χ1) is 30.8. The lowest BCUT2D eigenvalue weighted by atomic mass is 9.86. The molecule has 5 heterocycles. The van der Waals surface area contributed by atoms with Gasteiger partial charge in [0.1, 0.15) is 12.1 Å². The van der Waals surface area contributed by atoms with E-state index in [1.807, 2.05) is 47.6 Å². The number of piperidine rings is 2. The fourth-order valence-electron chi connectivity index (χ4n) is 9.01. The molecule has 0 spiro atoms. The number of nitrogens with zero attached hydrogens (tertiary/aromatic N) is 7. The number of nitrogens with one attached hydrogen (secondary N) is 3. The second-order valence-electron chi connectivity index (χ2n) is 16.9. The second kappa shape index (κ2) is 19.3. The molecule has 16 nitrogen and oxygen atoms in total. The highest BCUT2D eigenvalue weighted by Crippen LogP contribution is 2.35. The molecule has 0 radical (unpaired) electrons. The minimum absolute atomic E-state index is 0.0466. The third-order valence-electron chi connectivity index (χ3n) is 12.7. The molecule has 3 aliphatic heterocycles. The third-order valence-corrected chi connectivity index (χ3v) is 12.7. The highest BCUT2D eigenvalue weighted by Gasteiger charge is 2.33. The average Bonchev–Trinajstić information content (AvgIpc) is 3.72. The first kappa shape index (κ1) is 41.9. The molecule has 3 N–H and O–H groups in total. The summed E-state index contributed by atoms with van der Waals surface area (Å²) in [5.74, 6) is 0.229. The van der Waals surface area contributed by atoms with Gasteiger partial charge >= 0.3 is 0 Å². The fraction of sp³-hybridized carbons (Fsp3) is 0.426. The van der Waals surface area contributed by atoms with Crippen molar-refractivity contribution < 1.29 is 28.7 Å². The summed E-state index contributed by atoms with van der Waals surface area (Å²) in [6, 6.07) is 25.8. The maximum atomic E-state index is 13.0. The zero-order valence-corrected chi connectivity index (χ0v) is 35.4. The average molecular weight is 855 g/mol. The lowest BCUT2D eigenvalue weighted by Crippen LogP contribution is -2.48. The number of benzene rings is 3. The molecule has 3 saturated heterocycles. The number of imide groups is 1. The topological polar surface area (TPSA) is 176 Å². The molecule has 0 bridgehead atoms. The predicted molar refractivity (Wildman–Crippen MR) is 237 cm³/mol. The van der Waals surface area contributed by atoms with E-state index in [0.29, 0.717) is 56.0 Å². The Hall–Kier alpha value is -6.39. The van der Waals surface area contributed by atoms with Gasteiger partial charge in [0.25, 0.3) is 5.91 Å². The number of anilines is 3. The van der Waals surface area contributed by atoms with Gasteiger partial charge in [-0.1, -0.05) is 42.5 Å². The van der Waals surface area contributed by atoms with Gasteiger partial charge in [-0.2, -0.15) is 0 Å². The molecule has 1 atom stereocenters. The van der Waals surface area contributed by atoms with Crippen molar-refractivity contribution in [3.8, 4) is 5.75 Å². The summed E-state index contributed by atoms with van der Waals surface area (Å²) in [7, 11) is 0. The van der Waals surface area contributed by atoms with Crippen LogP contribution in [-0.2, 0) is 30.3 Å². The molecule has 9 rings (SSSR count). The maximum Gasteiger partial charge on any atom is 0.260 e. The summed E-state index contributed by atoms with van der Waals surface area (Å²) < 4.78 is 14.2. The van der Waals surface area contributed by atoms with Crippen LogP contribution in [0.2, 0.25) is 0 Å². The molecule has 1 aliphatic carbocycles. The maximum absolute atomic E-state index is 13.0. The quantitative estimate of drug-likeness (QED) is 0.127. The number of likely N-dealkylation sites (tertiary alicyclic amines) is 1. The molecule has 5 aromatic rings. The second-order valence-corrected chi connectivity index (χ2v) is 16.9. The number of carbonyl (C=O) groups excluding carboxylic acids is 4. The fourth-order valence-corrected chi connectivity index (χ4v) is 9.01. The van der Waals surface area contributed by atoms with Gasteiger partial charge in [0, 0.05) is 75.7 Å². The van der Waals surface area contributed by atoms with E-state index in [0.717, 1.165) is 80.9 Å². The standard InChI is InChI=1S/C47H54N10O6/c58-41-14-13-40(47(61)53-41)33-7-4-8-39(26-33)63-29-43(60)56-17-15-38(16-18-56)62-24-23-54-19-21-55(22-20-54)36-11-9-34(10-12-36)52-45-44-46(49-30-48-45)57(31-50-44)37-27-35(28-37)51-42(59)25-32-5-2-1-3-6-32/h1-12,26,30-31,35,37-38,40H,13-25,27-29H2,(H,51,59)(H,48,49,52)(H,53,58,61)/t35?,37?,40-/m0/s1. The Morgan fingerprint density at radius 2 is 1.63 bits per heavy atom. The minimum Gasteiger partial charge on any atom is -0.484 e. The van der Waals surface area contributed by atoms with E-state index >= 15 is 0 Å². The van der Waals surface area contributed by atoms with Gasteiger partial charge in [-0.05, 0) is 79.6 Å². The zero-order valence-electron chi connectivity index (χ0n) is 35.4. The van der Waals surface area contributed by atoms with E-state index in [-0.39, 0.29) is 48.4 Å². The van der Waals surface area contributed by atoms with E-state index in [9.17, 15) is 19.2 Å². The number of rotatable bonds is 15. The number of piperazine rings is 1. The number of fused-ring (bicyclic) bond motifs is 1. The van der Waals surface area contributed by atoms with Crippen LogP contribution in [0.5, 0.6) is 5.75 Å². The van der Waals surface area contributed by atoms with Crippen molar-refractivity contribution in [2.24, 2.45) is 0 Å². The Morgan fingerprint density at radius 3 is 2.41 bits per heavy atom. The van der Waals surface area contributed by atoms with Crippen LogP contribution in [0.15, 0.2) is 91.5 Å². The number of hydrogen-bond acceptors (Lipinski definition) is 12. The van der Waals surface area contributed by atoms with E-state index < -0.39 is 5.92 Å². The largest absolute Gasteiger partial charge is 0.484 e. The van der Waals surface area contributed by atoms with Gasteiger partial charge < -0.3 is 34.5 Å². The molecule has 328 valence electrons. The molecule has 1 saturated carbocycles. The summed E-state index contributed by atoms with van der Waals surface area (Å²) in [4.78, 5) is 69.8. The van der Waals surface area contributed by atoms with Crippen LogP contribution >= 0.6 is 0 Å². The Bertz CT molecular complexity index is 2390. The van der Waals surface area contributed by atoms with Gasteiger partial charge in [0.15, 0.2) is 23.6 Å². The van der Waals surface area contributed by atoms with Crippen LogP contribution in [0.3, 0.4) is 0 Å². The van der Waals surface area contributed by atoms with E-state index in [2.05, 4.69) is 69.5 Å². The number of aromatic nitrogens is 4. The normalized spacial score (nSPS) is 20.9. The third kappa shape index (κ3) is 10.3. The Morgan fingerprint density at radius 1 is 0.841 bits per heavy atom. The van der Waals surface area contributed by atoms with Crippen LogP contribution < -0.4 is 25.6 Å². The molecule has 4 fully saturated rings. The van der Waals surface area contributed by atoms with E-state index in [4.69, 9.17) is 9.47 Å². The SMILES string of the molecule is O=C1CC[C@@H](c2cccc(OCC(=O)N3CCC(OCCN4CCN(c5ccc(Nc6ncnc7c6ncn7C6CC(NC(=O)Cc7ccccc7)C6)cc5)CC4)CC3)c2)C(=O)N1. The smallest absolute Gasteiger partial charge is 0.260 e. The first-order valence-electron chi connectivity index (χ1n) is 22.1. The summed E-state index contributed by atoms with van der Waals surface area (Å²) in [6.07, 6.45) is 7.94. The van der Waals surface area contributed by atoms with Gasteiger partial charge in [-0.3, -0.25) is 29.4 Å². The Labute approximate surface area is 366 Å². The monoisotopic (exact) mass is 854 g/mol. The summed E-state index contributed by atoms with van der Waals surface area (Å²) in [6.45, 7) is 6.49. The van der Waals surface area contributed by atoms with Crippen LogP contribution in [0, 0.1) is 0 Å². The number of imidazole rings is 1. The van der Waals surface area contributed by atoms with Crippen LogP contribution in [-0.4, -0.2) is 124 Å². The number of hydrogen-bond donors (Lipinski definition) is 3. The molecule has 4 amide bonds. The highest BCUT2D eigenvalue weighted by atomic mass is 16.5. The molecular weight excluding hydrogens is 801 g/mol. The van der Waals surface area contributed by atoms with Crippen LogP contribution in [0.1, 0.15) is 61.6 Å². The molecule has 2 aromatic heterocycles. The molecular formula is C47H54N10O6. The van der Waals surface area contributed by atoms with Crippen molar-refractivity contribution in [2.45, 2.75) is 69.1 Å². The summed E-state index contributed by atoms with van der Waals surface area (Å²) in [5.41, 5.74) is 5.38. The molecule has 16 heteroatoms. The predicted octanol–water partition coefficient (Wildman–Crippen LogP) is 4.36. The molecule has 63 heavy (non-hydrogen) atoms. The lowest BCUT2D eigenvalue weighted by molar-refractivity contribution is -0.136. The van der Waals surface area contributed by atoms with E-state index in [1.165, 1.54) is 5.69 Å². The number of carbonyl (C=O) groups is 4. The highest BCUT2D eigenvalue weighted by molar-refractivity contribution is 6.01. The lowest BCUT2D eigenvalue weighted by Gasteiger charge is -2.36. The number of amides is 4. The zero-order chi connectivity index (χ0) is 43.1. The van der Waals surface area contributed by atoms with Crippen molar-refractivity contribution in [3.05, 3.63) is 103 Å². The molecule has 3 aromatic carbocycles. The summed E-state index contributed by atoms with van der Waals surface area (Å²) in [5, 5.41) is 9.01. The summed E-state index contributed by atoms with van der Waals surface area (Å²) >= 11 is 0. The van der Waals surface area contributed by atoms with Gasteiger partial charge in [-0.15, -0.1) is 0 Å². The van der Waals surface area contributed by atoms with Crippen molar-refractivity contribution in [2.75, 3.05) is 69.2 Å². The minimum atomic E-state index is -0.399. The van der Waals surface area contributed by atoms with Crippen LogP contribution in [0.25, 0.3) is 11.2 Å². The Balaban J connectivity index is 0.662. The van der Waals surface area contributed by atoms with Crippen molar-refractivity contribution in [3.63, 3.8) is 0 Å². The van der Waals surface area contributed by atoms with Crippen LogP contribution in [0.4, 0.5) is 17.2 Å². The van der Waals surface area contributed by atoms with Crippen molar-refractivity contribution in [1.29, 1.82) is 0 Å². The molecule has 4 aliphatic rings. The number of ether oxygens (including phenoxy) is 2. The Kier molecular flexibility index (Phi) is 12.9. The van der Waals surface area contributed by atoms with Gasteiger partial charge in [0.2, 0.25) is 17.7 Å². The molecule has 0 unspecified atom stereocenters. The van der Waals surface area contributed by atoms with Crippen molar-refractivity contribution in [1.82, 2.24) is 40.0 Å².